The minimum atomic E-state index is 0. The lowest BCUT2D eigenvalue weighted by Gasteiger charge is -1.91. The molecule has 0 aliphatic heterocycles. The molecule has 0 rings (SSSR count). The summed E-state index contributed by atoms with van der Waals surface area (Å²) < 4.78 is 9.31. The molecule has 0 saturated heterocycles. The van der Waals surface area contributed by atoms with E-state index in [-0.39, 0.29) is 29.8 Å². The molecule has 0 heterocycles. The second-order valence-electron chi connectivity index (χ2n) is 0.986. The Kier molecular flexibility index (Phi) is 31.1. The van der Waals surface area contributed by atoms with Gasteiger partial charge in [0.2, 0.25) is 0 Å². The average molecular weight is 157 g/mol. The fourth-order valence-corrected chi connectivity index (χ4v) is 0.167. The molecular weight excluding hydrogens is 142 g/mol. The Balaban J connectivity index is -0.000000125. The van der Waals surface area contributed by atoms with Crippen molar-refractivity contribution in [2.75, 3.05) is 27.4 Å². The Morgan fingerprint density at radius 1 is 1.00 bits per heavy atom. The first kappa shape index (κ1) is 15.9. The molecule has 0 aromatic rings. The van der Waals surface area contributed by atoms with Crippen molar-refractivity contribution >= 4 is 29.8 Å². The summed E-state index contributed by atoms with van der Waals surface area (Å²) in [4.78, 5) is 0. The van der Waals surface area contributed by atoms with E-state index in [1.54, 1.807) is 14.2 Å². The molecule has 0 spiro atoms. The smallest absolute Gasteiger partial charge is 0.187 e. The normalized spacial score (nSPS) is 6.75. The maximum absolute atomic E-state index is 4.66. The molecule has 4 heteroatoms. The Labute approximate surface area is 67.1 Å². The molecule has 0 atom stereocenters. The van der Waals surface area contributed by atoms with Gasteiger partial charge in [-0.05, 0) is 0 Å². The van der Waals surface area contributed by atoms with Gasteiger partial charge in [0.15, 0.2) is 17.4 Å². The average Bonchev–Trinajstić information content (AvgIpc) is 1.61. The van der Waals surface area contributed by atoms with Gasteiger partial charge < -0.3 is 9.47 Å². The monoisotopic (exact) mass is 156 g/mol. The van der Waals surface area contributed by atoms with Gasteiger partial charge in [0.25, 0.3) is 0 Å². The fraction of sp³-hybridized carbons (Fsp3) is 1.00. The van der Waals surface area contributed by atoms with Crippen LogP contribution < -0.4 is 0 Å². The second kappa shape index (κ2) is 15.6. The third-order valence-electron chi connectivity index (χ3n) is 0.492. The van der Waals surface area contributed by atoms with Crippen molar-refractivity contribution in [3.63, 3.8) is 0 Å². The van der Waals surface area contributed by atoms with E-state index >= 15 is 0 Å². The van der Waals surface area contributed by atoms with Crippen molar-refractivity contribution in [1.29, 1.82) is 0 Å². The van der Waals surface area contributed by atoms with E-state index < -0.39 is 0 Å². The van der Waals surface area contributed by atoms with Gasteiger partial charge >= 0.3 is 0 Å². The molecule has 0 fully saturated rings. The second-order valence-corrected chi connectivity index (χ2v) is 0.986. The minimum Gasteiger partial charge on any atom is -0.382 e. The third kappa shape index (κ3) is 15.9. The third-order valence-corrected chi connectivity index (χ3v) is 0.492. The fourth-order valence-electron chi connectivity index (χ4n) is 0.167. The number of ether oxygens (including phenoxy) is 2. The standard InChI is InChI=1S/C4H10O2.Al.ClH.3H/c1-5-3-4-6-2;;;;;/h3-4H2,1-2H3;;1H;;;. The van der Waals surface area contributed by atoms with Crippen LogP contribution in [0.1, 0.15) is 0 Å². The molecule has 0 bridgehead atoms. The summed E-state index contributed by atoms with van der Waals surface area (Å²) in [5, 5.41) is 0. The van der Waals surface area contributed by atoms with Gasteiger partial charge in [0, 0.05) is 14.2 Å². The molecule has 0 saturated carbocycles. The van der Waals surface area contributed by atoms with Crippen LogP contribution in [-0.4, -0.2) is 44.8 Å². The van der Waals surface area contributed by atoms with Gasteiger partial charge in [-0.3, -0.25) is 0 Å². The zero-order valence-corrected chi connectivity index (χ0v) is 5.46. The molecule has 2 nitrogen and oxygen atoms in total. The number of hydrogen-bond donors (Lipinski definition) is 0. The first-order chi connectivity index (χ1) is 2.91. The highest BCUT2D eigenvalue weighted by molar-refractivity contribution is 5.85. The quantitative estimate of drug-likeness (QED) is 0.406. The van der Waals surface area contributed by atoms with E-state index in [2.05, 4.69) is 9.47 Å². The first-order valence-electron chi connectivity index (χ1n) is 1.89. The lowest BCUT2D eigenvalue weighted by molar-refractivity contribution is 0.103. The van der Waals surface area contributed by atoms with E-state index in [1.807, 2.05) is 0 Å². The van der Waals surface area contributed by atoms with Crippen molar-refractivity contribution < 1.29 is 9.47 Å². The molecular formula is C4H14AlClO2. The maximum Gasteiger partial charge on any atom is 0.187 e. The summed E-state index contributed by atoms with van der Waals surface area (Å²) in [7, 11) is 3.30. The van der Waals surface area contributed by atoms with Crippen LogP contribution in [0, 0.1) is 0 Å². The number of rotatable bonds is 3. The molecule has 0 aromatic carbocycles. The van der Waals surface area contributed by atoms with Crippen molar-refractivity contribution in [1.82, 2.24) is 0 Å². The highest BCUT2D eigenvalue weighted by Crippen LogP contribution is 1.65. The molecule has 0 N–H and O–H groups in total. The summed E-state index contributed by atoms with van der Waals surface area (Å²) in [6.07, 6.45) is 0. The van der Waals surface area contributed by atoms with Crippen LogP contribution in [0.3, 0.4) is 0 Å². The SMILES string of the molecule is COCCOC.Cl.[AlH3]. The zero-order chi connectivity index (χ0) is 4.83. The summed E-state index contributed by atoms with van der Waals surface area (Å²) >= 11 is 0. The number of hydrogen-bond acceptors (Lipinski definition) is 2. The van der Waals surface area contributed by atoms with Crippen molar-refractivity contribution in [2.24, 2.45) is 0 Å². The lowest BCUT2D eigenvalue weighted by Crippen LogP contribution is -1.96. The minimum absolute atomic E-state index is 0. The molecule has 52 valence electrons. The van der Waals surface area contributed by atoms with E-state index in [0.717, 1.165) is 0 Å². The Morgan fingerprint density at radius 2 is 1.25 bits per heavy atom. The van der Waals surface area contributed by atoms with E-state index in [9.17, 15) is 0 Å². The van der Waals surface area contributed by atoms with Crippen LogP contribution in [0.2, 0.25) is 0 Å². The Hall–Kier alpha value is 0.742. The lowest BCUT2D eigenvalue weighted by atomic mass is 10.8. The molecule has 0 aliphatic carbocycles. The number of methoxy groups -OCH3 is 2. The predicted octanol–water partition coefficient (Wildman–Crippen LogP) is -0.483. The van der Waals surface area contributed by atoms with Crippen LogP contribution in [0.4, 0.5) is 0 Å². The van der Waals surface area contributed by atoms with E-state index in [0.29, 0.717) is 13.2 Å². The summed E-state index contributed by atoms with van der Waals surface area (Å²) in [6, 6.07) is 0. The van der Waals surface area contributed by atoms with Crippen molar-refractivity contribution in [2.45, 2.75) is 0 Å². The van der Waals surface area contributed by atoms with Crippen molar-refractivity contribution in [3.05, 3.63) is 0 Å². The summed E-state index contributed by atoms with van der Waals surface area (Å²) in [5.41, 5.74) is 0. The van der Waals surface area contributed by atoms with Crippen LogP contribution >= 0.6 is 12.4 Å². The summed E-state index contributed by atoms with van der Waals surface area (Å²) in [6.45, 7) is 1.38. The van der Waals surface area contributed by atoms with E-state index in [1.165, 1.54) is 0 Å². The predicted molar refractivity (Wildman–Crippen MR) is 40.9 cm³/mol. The summed E-state index contributed by atoms with van der Waals surface area (Å²) in [5.74, 6) is 0. The Bertz CT molecular complexity index is 26.0. The van der Waals surface area contributed by atoms with E-state index in [4.69, 9.17) is 0 Å². The molecule has 0 radical (unpaired) electrons. The zero-order valence-electron chi connectivity index (χ0n) is 4.64. The maximum atomic E-state index is 4.66. The van der Waals surface area contributed by atoms with Crippen LogP contribution in [0.15, 0.2) is 0 Å². The topological polar surface area (TPSA) is 18.5 Å². The first-order valence-corrected chi connectivity index (χ1v) is 1.89. The van der Waals surface area contributed by atoms with Gasteiger partial charge in [-0.15, -0.1) is 12.4 Å². The molecule has 0 aromatic heterocycles. The molecule has 0 amide bonds. The highest BCUT2D eigenvalue weighted by atomic mass is 35.5. The Morgan fingerprint density at radius 3 is 1.38 bits per heavy atom. The highest BCUT2D eigenvalue weighted by Gasteiger charge is 1.73. The van der Waals surface area contributed by atoms with Gasteiger partial charge in [-0.25, -0.2) is 0 Å². The number of halogens is 1. The largest absolute Gasteiger partial charge is 0.382 e. The molecule has 8 heavy (non-hydrogen) atoms. The van der Waals surface area contributed by atoms with Crippen LogP contribution in [-0.2, 0) is 9.47 Å². The van der Waals surface area contributed by atoms with Gasteiger partial charge in [0.1, 0.15) is 0 Å². The van der Waals surface area contributed by atoms with Crippen molar-refractivity contribution in [3.8, 4) is 0 Å². The van der Waals surface area contributed by atoms with Crippen LogP contribution in [0.25, 0.3) is 0 Å². The van der Waals surface area contributed by atoms with Gasteiger partial charge in [-0.2, -0.15) is 0 Å². The van der Waals surface area contributed by atoms with Gasteiger partial charge in [-0.1, -0.05) is 0 Å². The van der Waals surface area contributed by atoms with Crippen LogP contribution in [0.5, 0.6) is 0 Å². The molecule has 0 aliphatic rings. The molecule has 0 unspecified atom stereocenters. The van der Waals surface area contributed by atoms with Gasteiger partial charge in [0.05, 0.1) is 13.2 Å².